The number of benzene rings is 2. The van der Waals surface area contributed by atoms with E-state index in [4.69, 9.17) is 11.6 Å². The van der Waals surface area contributed by atoms with Crippen LogP contribution in [0.5, 0.6) is 0 Å². The van der Waals surface area contributed by atoms with Crippen LogP contribution in [0.15, 0.2) is 36.4 Å². The average molecular weight is 381 g/mol. The number of nitrogens with zero attached hydrogens (tertiary/aromatic N) is 4. The van der Waals surface area contributed by atoms with Gasteiger partial charge in [-0.2, -0.15) is 17.9 Å². The maximum atomic E-state index is 13.1. The standard InChI is InChI=1S/C17H12ClF3N4O/c18-13-7-12(17(19,20)21)8-14-15(13)22-23-25(14)16(26)24-6-5-10-3-1-2-4-11(10)9-24/h1-4,7-8H,5-6,9H2. The van der Waals surface area contributed by atoms with Gasteiger partial charge in [-0.1, -0.05) is 41.1 Å². The molecule has 1 amide bonds. The van der Waals surface area contributed by atoms with E-state index in [1.54, 1.807) is 0 Å². The van der Waals surface area contributed by atoms with Gasteiger partial charge in [-0.25, -0.2) is 4.79 Å². The van der Waals surface area contributed by atoms with E-state index >= 15 is 0 Å². The summed E-state index contributed by atoms with van der Waals surface area (Å²) in [7, 11) is 0. The maximum absolute atomic E-state index is 13.1. The van der Waals surface area contributed by atoms with E-state index in [0.717, 1.165) is 27.9 Å². The second-order valence-corrected chi connectivity index (χ2v) is 6.45. The van der Waals surface area contributed by atoms with Crippen LogP contribution >= 0.6 is 11.6 Å². The molecule has 2 heterocycles. The molecule has 0 atom stereocenters. The Bertz CT molecular complexity index is 1010. The third kappa shape index (κ3) is 2.80. The van der Waals surface area contributed by atoms with Crippen LogP contribution in [-0.2, 0) is 19.1 Å². The van der Waals surface area contributed by atoms with E-state index < -0.39 is 17.8 Å². The Balaban J connectivity index is 1.73. The minimum atomic E-state index is -4.58. The van der Waals surface area contributed by atoms with Crippen LogP contribution in [0.1, 0.15) is 16.7 Å². The zero-order valence-corrected chi connectivity index (χ0v) is 14.1. The molecular formula is C17H12ClF3N4O. The molecule has 2 aromatic carbocycles. The molecule has 9 heteroatoms. The molecule has 1 aliphatic rings. The van der Waals surface area contributed by atoms with Crippen molar-refractivity contribution in [1.29, 1.82) is 0 Å². The summed E-state index contributed by atoms with van der Waals surface area (Å²) in [6.07, 6.45) is -3.91. The van der Waals surface area contributed by atoms with Gasteiger partial charge in [0.1, 0.15) is 11.0 Å². The monoisotopic (exact) mass is 380 g/mol. The molecule has 0 fully saturated rings. The van der Waals surface area contributed by atoms with Crippen LogP contribution < -0.4 is 0 Å². The van der Waals surface area contributed by atoms with Gasteiger partial charge in [-0.3, -0.25) is 0 Å². The summed E-state index contributed by atoms with van der Waals surface area (Å²) in [5, 5.41) is 7.31. The molecule has 5 nitrogen and oxygen atoms in total. The number of carbonyl (C=O) groups is 1. The topological polar surface area (TPSA) is 51.0 Å². The van der Waals surface area contributed by atoms with Crippen molar-refractivity contribution >= 4 is 28.7 Å². The Kier molecular flexibility index (Phi) is 3.87. The molecule has 0 spiro atoms. The van der Waals surface area contributed by atoms with E-state index in [0.29, 0.717) is 19.5 Å². The first kappa shape index (κ1) is 16.8. The first-order valence-corrected chi connectivity index (χ1v) is 8.20. The van der Waals surface area contributed by atoms with E-state index in [2.05, 4.69) is 10.3 Å². The van der Waals surface area contributed by atoms with Crippen LogP contribution in [0.4, 0.5) is 18.0 Å². The molecule has 1 aromatic heterocycles. The number of amides is 1. The summed E-state index contributed by atoms with van der Waals surface area (Å²) >= 11 is 5.90. The van der Waals surface area contributed by atoms with Crippen molar-refractivity contribution in [1.82, 2.24) is 19.9 Å². The van der Waals surface area contributed by atoms with Crippen molar-refractivity contribution in [2.45, 2.75) is 19.1 Å². The number of fused-ring (bicyclic) bond motifs is 2. The molecule has 26 heavy (non-hydrogen) atoms. The lowest BCUT2D eigenvalue weighted by atomic mass is 10.0. The zero-order valence-electron chi connectivity index (χ0n) is 13.3. The number of rotatable bonds is 0. The van der Waals surface area contributed by atoms with Crippen LogP contribution in [0, 0.1) is 0 Å². The minimum Gasteiger partial charge on any atom is -0.318 e. The van der Waals surface area contributed by atoms with Crippen molar-refractivity contribution < 1.29 is 18.0 Å². The van der Waals surface area contributed by atoms with Crippen molar-refractivity contribution in [2.75, 3.05) is 6.54 Å². The second kappa shape index (κ2) is 5.98. The first-order valence-electron chi connectivity index (χ1n) is 7.83. The van der Waals surface area contributed by atoms with Crippen LogP contribution in [-0.4, -0.2) is 32.5 Å². The van der Waals surface area contributed by atoms with E-state index in [9.17, 15) is 18.0 Å². The molecule has 0 aliphatic carbocycles. The molecule has 134 valence electrons. The Labute approximate surface area is 151 Å². The molecule has 1 aliphatic heterocycles. The quantitative estimate of drug-likeness (QED) is 0.589. The van der Waals surface area contributed by atoms with E-state index in [1.807, 2.05) is 24.3 Å². The number of aromatic nitrogens is 3. The highest BCUT2D eigenvalue weighted by molar-refractivity contribution is 6.35. The summed E-state index contributed by atoms with van der Waals surface area (Å²) < 4.78 is 40.0. The van der Waals surface area contributed by atoms with Crippen molar-refractivity contribution in [3.05, 3.63) is 58.1 Å². The number of carbonyl (C=O) groups excluding carboxylic acids is 1. The van der Waals surface area contributed by atoms with E-state index in [1.165, 1.54) is 4.90 Å². The summed E-state index contributed by atoms with van der Waals surface area (Å²) in [5.74, 6) is 0. The van der Waals surface area contributed by atoms with Gasteiger partial charge in [-0.15, -0.1) is 5.10 Å². The van der Waals surface area contributed by atoms with Gasteiger partial charge < -0.3 is 4.90 Å². The summed E-state index contributed by atoms with van der Waals surface area (Å²) in [6.45, 7) is 0.812. The Morgan fingerprint density at radius 1 is 1.15 bits per heavy atom. The van der Waals surface area contributed by atoms with Gasteiger partial charge in [0.25, 0.3) is 0 Å². The molecule has 0 N–H and O–H groups in total. The van der Waals surface area contributed by atoms with Gasteiger partial charge in [0, 0.05) is 13.1 Å². The lowest BCUT2D eigenvalue weighted by Gasteiger charge is -2.28. The average Bonchev–Trinajstić information content (AvgIpc) is 3.04. The fourth-order valence-corrected chi connectivity index (χ4v) is 3.33. The van der Waals surface area contributed by atoms with Crippen molar-refractivity contribution in [2.24, 2.45) is 0 Å². The fraction of sp³-hybridized carbons (Fsp3) is 0.235. The number of hydrogen-bond acceptors (Lipinski definition) is 3. The molecule has 0 bridgehead atoms. The summed E-state index contributed by atoms with van der Waals surface area (Å²) in [5.41, 5.74) is 1.21. The van der Waals surface area contributed by atoms with Crippen molar-refractivity contribution in [3.8, 4) is 0 Å². The molecule has 0 saturated carbocycles. The van der Waals surface area contributed by atoms with Gasteiger partial charge in [0.15, 0.2) is 0 Å². The van der Waals surface area contributed by atoms with Crippen molar-refractivity contribution in [3.63, 3.8) is 0 Å². The lowest BCUT2D eigenvalue weighted by Crippen LogP contribution is -2.39. The first-order chi connectivity index (χ1) is 12.3. The number of alkyl halides is 3. The Morgan fingerprint density at radius 3 is 2.62 bits per heavy atom. The maximum Gasteiger partial charge on any atom is 0.416 e. The fourth-order valence-electron chi connectivity index (χ4n) is 3.08. The van der Waals surface area contributed by atoms with Gasteiger partial charge >= 0.3 is 12.2 Å². The Hall–Kier alpha value is -2.61. The minimum absolute atomic E-state index is 0.0606. The van der Waals surface area contributed by atoms with Crippen LogP contribution in [0.3, 0.4) is 0 Å². The van der Waals surface area contributed by atoms with Crippen LogP contribution in [0.25, 0.3) is 11.0 Å². The third-order valence-corrected chi connectivity index (χ3v) is 4.70. The smallest absolute Gasteiger partial charge is 0.318 e. The molecule has 0 radical (unpaired) electrons. The summed E-state index contributed by atoms with van der Waals surface area (Å²) in [6, 6.07) is 8.83. The zero-order chi connectivity index (χ0) is 18.5. The predicted molar refractivity (Wildman–Crippen MR) is 88.9 cm³/mol. The van der Waals surface area contributed by atoms with Gasteiger partial charge in [-0.05, 0) is 29.7 Å². The van der Waals surface area contributed by atoms with Gasteiger partial charge in [0.2, 0.25) is 0 Å². The third-order valence-electron chi connectivity index (χ3n) is 4.42. The number of halogens is 4. The SMILES string of the molecule is O=C(N1CCc2ccccc2C1)n1nnc2c(Cl)cc(C(F)(F)F)cc21. The molecule has 0 unspecified atom stereocenters. The lowest BCUT2D eigenvalue weighted by molar-refractivity contribution is -0.137. The highest BCUT2D eigenvalue weighted by Crippen LogP contribution is 2.34. The molecular weight excluding hydrogens is 369 g/mol. The molecule has 4 rings (SSSR count). The summed E-state index contributed by atoms with van der Waals surface area (Å²) in [4.78, 5) is 14.4. The molecule has 0 saturated heterocycles. The highest BCUT2D eigenvalue weighted by atomic mass is 35.5. The van der Waals surface area contributed by atoms with E-state index in [-0.39, 0.29) is 16.1 Å². The van der Waals surface area contributed by atoms with Gasteiger partial charge in [0.05, 0.1) is 10.6 Å². The van der Waals surface area contributed by atoms with Crippen LogP contribution in [0.2, 0.25) is 5.02 Å². The highest BCUT2D eigenvalue weighted by Gasteiger charge is 2.33. The second-order valence-electron chi connectivity index (χ2n) is 6.05. The predicted octanol–water partition coefficient (Wildman–Crippen LogP) is 4.13. The Morgan fingerprint density at radius 2 is 1.88 bits per heavy atom. The normalized spacial score (nSPS) is 14.5. The number of hydrogen-bond donors (Lipinski definition) is 0. The largest absolute Gasteiger partial charge is 0.416 e. The molecule has 3 aromatic rings.